The highest BCUT2D eigenvalue weighted by molar-refractivity contribution is 5.89. The van der Waals surface area contributed by atoms with E-state index in [1.807, 2.05) is 48.5 Å². The summed E-state index contributed by atoms with van der Waals surface area (Å²) in [5, 5.41) is 14.4. The molecule has 0 aliphatic heterocycles. The second kappa shape index (κ2) is 11.3. The minimum Gasteiger partial charge on any atom is -0.480 e. The minimum atomic E-state index is -1.16. The number of ether oxygens (including phenoxy) is 1. The Hall–Kier alpha value is -3.83. The third-order valence-corrected chi connectivity index (χ3v) is 5.60. The van der Waals surface area contributed by atoms with Gasteiger partial charge in [-0.05, 0) is 43.3 Å². The number of amides is 2. The van der Waals surface area contributed by atoms with Crippen molar-refractivity contribution < 1.29 is 24.2 Å². The number of benzene rings is 2. The Labute approximate surface area is 199 Å². The summed E-state index contributed by atoms with van der Waals surface area (Å²) < 4.78 is 5.51. The third-order valence-electron chi connectivity index (χ3n) is 5.60. The maximum atomic E-state index is 12.7. The fraction of sp³-hybridized carbons (Fsp3) is 0.346. The fourth-order valence-electron chi connectivity index (χ4n) is 4.02. The van der Waals surface area contributed by atoms with Gasteiger partial charge >= 0.3 is 12.1 Å². The lowest BCUT2D eigenvalue weighted by atomic mass is 9.98. The van der Waals surface area contributed by atoms with Crippen molar-refractivity contribution in [1.82, 2.24) is 15.5 Å². The van der Waals surface area contributed by atoms with Gasteiger partial charge in [0.05, 0.1) is 0 Å². The van der Waals surface area contributed by atoms with Gasteiger partial charge in [-0.1, -0.05) is 48.5 Å². The Morgan fingerprint density at radius 3 is 2.12 bits per heavy atom. The van der Waals surface area contributed by atoms with Gasteiger partial charge in [-0.25, -0.2) is 9.59 Å². The number of alkyl carbamates (subject to hydrolysis) is 1. The Morgan fingerprint density at radius 1 is 1.00 bits per heavy atom. The average molecular weight is 464 g/mol. The lowest BCUT2D eigenvalue weighted by molar-refractivity contribution is -0.142. The molecule has 0 radical (unpaired) electrons. The van der Waals surface area contributed by atoms with E-state index in [9.17, 15) is 19.5 Å². The number of likely N-dealkylation sites (N-methyl/N-ethyl adjacent to an activating group) is 1. The van der Waals surface area contributed by atoms with Crippen LogP contribution < -0.4 is 10.6 Å². The summed E-state index contributed by atoms with van der Waals surface area (Å²) in [4.78, 5) is 38.5. The van der Waals surface area contributed by atoms with Gasteiger partial charge in [0, 0.05) is 18.9 Å². The monoisotopic (exact) mass is 463 g/mol. The number of nitrogens with one attached hydrogen (secondary N) is 2. The van der Waals surface area contributed by atoms with Crippen LogP contribution in [0.2, 0.25) is 0 Å². The first-order valence-electron chi connectivity index (χ1n) is 11.0. The third kappa shape index (κ3) is 5.94. The van der Waals surface area contributed by atoms with Crippen molar-refractivity contribution in [3.63, 3.8) is 0 Å². The molecule has 0 saturated carbocycles. The number of hydrogen-bond donors (Lipinski definition) is 3. The first-order chi connectivity index (χ1) is 16.3. The number of fused-ring (bicyclic) bond motifs is 3. The summed E-state index contributed by atoms with van der Waals surface area (Å²) in [6, 6.07) is 13.8. The van der Waals surface area contributed by atoms with Gasteiger partial charge in [0.25, 0.3) is 0 Å². The molecule has 2 amide bonds. The number of aliphatic carboxylic acids is 1. The van der Waals surface area contributed by atoms with Crippen LogP contribution in [0.15, 0.2) is 48.5 Å². The molecule has 2 atom stereocenters. The maximum Gasteiger partial charge on any atom is 0.407 e. The van der Waals surface area contributed by atoms with Crippen molar-refractivity contribution in [2.24, 2.45) is 0 Å². The Bertz CT molecular complexity index is 1070. The molecular formula is C26H29N3O5. The molecule has 1 aliphatic rings. The molecule has 2 aromatic carbocycles. The number of rotatable bonds is 9. The first-order valence-corrected chi connectivity index (χ1v) is 11.0. The van der Waals surface area contributed by atoms with Crippen LogP contribution in [0.25, 0.3) is 11.1 Å². The normalized spacial score (nSPS) is 13.6. The SMILES string of the molecule is CC#CCC(NC(=O)OCC1c2ccccc2-c2ccccc21)C(=O)NC(CN(C)C)C(=O)O. The number of hydrogen-bond acceptors (Lipinski definition) is 5. The van der Waals surface area contributed by atoms with Gasteiger partial charge in [-0.3, -0.25) is 4.79 Å². The minimum absolute atomic E-state index is 0.0286. The van der Waals surface area contributed by atoms with Crippen LogP contribution >= 0.6 is 0 Å². The van der Waals surface area contributed by atoms with Crippen molar-refractivity contribution in [1.29, 1.82) is 0 Å². The second-order valence-electron chi connectivity index (χ2n) is 8.32. The van der Waals surface area contributed by atoms with Crippen LogP contribution in [-0.4, -0.2) is 67.3 Å². The topological polar surface area (TPSA) is 108 Å². The number of carbonyl (C=O) groups is 3. The Morgan fingerprint density at radius 2 is 1.59 bits per heavy atom. The molecule has 0 fully saturated rings. The lowest BCUT2D eigenvalue weighted by Gasteiger charge is -2.22. The van der Waals surface area contributed by atoms with Gasteiger partial charge in [0.15, 0.2) is 0 Å². The molecule has 0 saturated heterocycles. The van der Waals surface area contributed by atoms with E-state index in [0.29, 0.717) is 0 Å². The van der Waals surface area contributed by atoms with Crippen LogP contribution in [0.5, 0.6) is 0 Å². The van der Waals surface area contributed by atoms with E-state index in [2.05, 4.69) is 22.5 Å². The fourth-order valence-corrected chi connectivity index (χ4v) is 4.02. The predicted octanol–water partition coefficient (Wildman–Crippen LogP) is 2.44. The summed E-state index contributed by atoms with van der Waals surface area (Å²) in [6.07, 6.45) is -0.736. The zero-order chi connectivity index (χ0) is 24.7. The molecule has 2 unspecified atom stereocenters. The van der Waals surface area contributed by atoms with E-state index >= 15 is 0 Å². The smallest absolute Gasteiger partial charge is 0.407 e. The van der Waals surface area contributed by atoms with Crippen LogP contribution in [0.4, 0.5) is 4.79 Å². The van der Waals surface area contributed by atoms with Gasteiger partial charge in [0.2, 0.25) is 5.91 Å². The summed E-state index contributed by atoms with van der Waals surface area (Å²) in [6.45, 7) is 1.83. The molecule has 1 aliphatic carbocycles. The summed E-state index contributed by atoms with van der Waals surface area (Å²) in [7, 11) is 3.41. The second-order valence-corrected chi connectivity index (χ2v) is 8.32. The standard InChI is InChI=1S/C26H29N3O5/c1-4-5-14-22(24(30)27-23(25(31)32)15-29(2)3)28-26(33)34-16-21-19-12-8-6-10-17(19)18-11-7-9-13-20(18)21/h6-13,21-23H,14-16H2,1-3H3,(H,27,30)(H,28,33)(H,31,32). The molecular weight excluding hydrogens is 434 g/mol. The molecule has 0 heterocycles. The highest BCUT2D eigenvalue weighted by atomic mass is 16.5. The zero-order valence-corrected chi connectivity index (χ0v) is 19.5. The summed E-state index contributed by atoms with van der Waals surface area (Å²) >= 11 is 0. The molecule has 0 aromatic heterocycles. The number of carboxylic acids is 1. The van der Waals surface area contributed by atoms with Gasteiger partial charge in [-0.15, -0.1) is 11.8 Å². The van der Waals surface area contributed by atoms with Crippen LogP contribution in [0.3, 0.4) is 0 Å². The highest BCUT2D eigenvalue weighted by Crippen LogP contribution is 2.44. The van der Waals surface area contributed by atoms with Crippen molar-refractivity contribution in [2.45, 2.75) is 31.3 Å². The molecule has 2 aromatic rings. The molecule has 3 N–H and O–H groups in total. The van der Waals surface area contributed by atoms with E-state index in [0.717, 1.165) is 22.3 Å². The van der Waals surface area contributed by atoms with E-state index in [1.54, 1.807) is 25.9 Å². The van der Waals surface area contributed by atoms with Gasteiger partial charge in [0.1, 0.15) is 18.7 Å². The molecule has 3 rings (SSSR count). The molecule has 8 heteroatoms. The van der Waals surface area contributed by atoms with E-state index < -0.39 is 30.1 Å². The predicted molar refractivity (Wildman–Crippen MR) is 128 cm³/mol. The summed E-state index contributed by atoms with van der Waals surface area (Å²) in [5.41, 5.74) is 4.39. The van der Waals surface area contributed by atoms with Crippen molar-refractivity contribution >= 4 is 18.0 Å². The highest BCUT2D eigenvalue weighted by Gasteiger charge is 2.30. The van der Waals surface area contributed by atoms with Crippen LogP contribution in [0.1, 0.15) is 30.4 Å². The lowest BCUT2D eigenvalue weighted by Crippen LogP contribution is -2.54. The molecule has 0 bridgehead atoms. The largest absolute Gasteiger partial charge is 0.480 e. The summed E-state index contributed by atoms with van der Waals surface area (Å²) in [5.74, 6) is 3.54. The molecule has 178 valence electrons. The quantitative estimate of drug-likeness (QED) is 0.493. The molecule has 34 heavy (non-hydrogen) atoms. The van der Waals surface area contributed by atoms with Gasteiger partial charge < -0.3 is 25.4 Å². The number of carboxylic acid groups (broad SMARTS) is 1. The number of nitrogens with zero attached hydrogens (tertiary/aromatic N) is 1. The van der Waals surface area contributed by atoms with Crippen molar-refractivity contribution in [2.75, 3.05) is 27.2 Å². The maximum absolute atomic E-state index is 12.7. The van der Waals surface area contributed by atoms with E-state index in [1.165, 1.54) is 0 Å². The van der Waals surface area contributed by atoms with Crippen molar-refractivity contribution in [3.05, 3.63) is 59.7 Å². The van der Waals surface area contributed by atoms with Gasteiger partial charge in [-0.2, -0.15) is 0 Å². The number of carbonyl (C=O) groups excluding carboxylic acids is 2. The average Bonchev–Trinajstić information content (AvgIpc) is 3.13. The van der Waals surface area contributed by atoms with Crippen LogP contribution in [0, 0.1) is 11.8 Å². The molecule has 8 nitrogen and oxygen atoms in total. The van der Waals surface area contributed by atoms with Crippen molar-refractivity contribution in [3.8, 4) is 23.0 Å². The first kappa shape index (κ1) is 24.8. The van der Waals surface area contributed by atoms with E-state index in [4.69, 9.17) is 4.74 Å². The molecule has 0 spiro atoms. The van der Waals surface area contributed by atoms with E-state index in [-0.39, 0.29) is 25.5 Å². The Kier molecular flexibility index (Phi) is 8.28. The zero-order valence-electron chi connectivity index (χ0n) is 19.5. The van der Waals surface area contributed by atoms with Crippen LogP contribution in [-0.2, 0) is 14.3 Å². The Balaban J connectivity index is 1.67.